The van der Waals surface area contributed by atoms with Gasteiger partial charge in [-0.25, -0.2) is 4.79 Å². The van der Waals surface area contributed by atoms with E-state index < -0.39 is 11.4 Å². The first-order chi connectivity index (χ1) is 9.43. The number of amides is 1. The number of benzene rings is 1. The van der Waals surface area contributed by atoms with Crippen LogP contribution in [-0.2, 0) is 9.53 Å². The summed E-state index contributed by atoms with van der Waals surface area (Å²) in [4.78, 5) is 24.1. The lowest BCUT2D eigenvalue weighted by Gasteiger charge is -2.16. The Morgan fingerprint density at radius 1 is 1.40 bits per heavy atom. The van der Waals surface area contributed by atoms with Crippen molar-refractivity contribution in [1.29, 1.82) is 0 Å². The Balaban J connectivity index is 2.35. The number of rotatable bonds is 4. The van der Waals surface area contributed by atoms with Crippen LogP contribution in [0.5, 0.6) is 0 Å². The lowest BCUT2D eigenvalue weighted by molar-refractivity contribution is -0.120. The van der Waals surface area contributed by atoms with Crippen LogP contribution < -0.4 is 11.1 Å². The van der Waals surface area contributed by atoms with Crippen LogP contribution in [0.15, 0.2) is 21.1 Å². The molecule has 1 fully saturated rings. The highest BCUT2D eigenvalue weighted by atomic mass is 79.9. The van der Waals surface area contributed by atoms with Crippen molar-refractivity contribution in [2.75, 3.05) is 19.0 Å². The Bertz CT molecular complexity index is 571. The Morgan fingerprint density at radius 3 is 2.55 bits per heavy atom. The summed E-state index contributed by atoms with van der Waals surface area (Å²) in [6.45, 7) is 0.306. The van der Waals surface area contributed by atoms with Crippen molar-refractivity contribution in [3.63, 3.8) is 0 Å². The van der Waals surface area contributed by atoms with Crippen molar-refractivity contribution in [3.8, 4) is 0 Å². The molecule has 0 aliphatic heterocycles. The summed E-state index contributed by atoms with van der Waals surface area (Å²) in [5, 5.41) is 2.79. The maximum atomic E-state index is 12.3. The summed E-state index contributed by atoms with van der Waals surface area (Å²) in [6, 6.07) is 3.36. The fourth-order valence-electron chi connectivity index (χ4n) is 1.89. The molecule has 0 atom stereocenters. The average Bonchev–Trinajstić information content (AvgIpc) is 3.21. The van der Waals surface area contributed by atoms with Gasteiger partial charge in [0.2, 0.25) is 5.91 Å². The highest BCUT2D eigenvalue weighted by molar-refractivity contribution is 9.11. The minimum atomic E-state index is -0.514. The van der Waals surface area contributed by atoms with E-state index in [0.717, 1.165) is 12.8 Å². The molecule has 2 rings (SSSR count). The predicted molar refractivity (Wildman–Crippen MR) is 82.5 cm³/mol. The van der Waals surface area contributed by atoms with Crippen molar-refractivity contribution >= 4 is 49.4 Å². The first kappa shape index (κ1) is 15.5. The van der Waals surface area contributed by atoms with E-state index in [1.807, 2.05) is 0 Å². The van der Waals surface area contributed by atoms with E-state index in [1.165, 1.54) is 7.11 Å². The van der Waals surface area contributed by atoms with E-state index in [-0.39, 0.29) is 11.5 Å². The topological polar surface area (TPSA) is 81.4 Å². The van der Waals surface area contributed by atoms with Gasteiger partial charge in [-0.2, -0.15) is 0 Å². The normalized spacial score (nSPS) is 15.6. The SMILES string of the molecule is COC(=O)c1cc(Br)cc(Br)c1NC(=O)C1(CN)CC1. The van der Waals surface area contributed by atoms with E-state index in [9.17, 15) is 9.59 Å². The van der Waals surface area contributed by atoms with Gasteiger partial charge in [-0.3, -0.25) is 4.79 Å². The van der Waals surface area contributed by atoms with Crippen molar-refractivity contribution < 1.29 is 14.3 Å². The van der Waals surface area contributed by atoms with Gasteiger partial charge in [-0.15, -0.1) is 0 Å². The second-order valence-electron chi connectivity index (χ2n) is 4.74. The van der Waals surface area contributed by atoms with E-state index in [4.69, 9.17) is 10.5 Å². The number of hydrogen-bond donors (Lipinski definition) is 2. The molecule has 5 nitrogen and oxygen atoms in total. The quantitative estimate of drug-likeness (QED) is 0.754. The molecule has 1 aliphatic rings. The lowest BCUT2D eigenvalue weighted by Crippen LogP contribution is -2.31. The Labute approximate surface area is 133 Å². The van der Waals surface area contributed by atoms with Crippen LogP contribution in [-0.4, -0.2) is 25.5 Å². The minimum absolute atomic E-state index is 0.159. The van der Waals surface area contributed by atoms with Gasteiger partial charge >= 0.3 is 5.97 Å². The molecule has 0 saturated heterocycles. The molecule has 108 valence electrons. The molecular formula is C13H14Br2N2O3. The van der Waals surface area contributed by atoms with Crippen molar-refractivity contribution in [1.82, 2.24) is 0 Å². The number of ether oxygens (including phenoxy) is 1. The third-order valence-electron chi connectivity index (χ3n) is 3.42. The standard InChI is InChI=1S/C13H14Br2N2O3/c1-20-11(18)8-4-7(14)5-9(15)10(8)17-12(19)13(6-16)2-3-13/h4-5H,2-3,6,16H2,1H3,(H,17,19). The average molecular weight is 406 g/mol. The van der Waals surface area contributed by atoms with Crippen LogP contribution in [0.2, 0.25) is 0 Å². The maximum Gasteiger partial charge on any atom is 0.340 e. The smallest absolute Gasteiger partial charge is 0.340 e. The Kier molecular flexibility index (Phi) is 4.51. The molecule has 0 radical (unpaired) electrons. The van der Waals surface area contributed by atoms with Gasteiger partial charge in [0, 0.05) is 15.5 Å². The van der Waals surface area contributed by atoms with Gasteiger partial charge in [-0.05, 0) is 40.9 Å². The zero-order valence-electron chi connectivity index (χ0n) is 10.8. The number of esters is 1. The van der Waals surface area contributed by atoms with Crippen molar-refractivity contribution in [2.24, 2.45) is 11.1 Å². The monoisotopic (exact) mass is 404 g/mol. The van der Waals surface area contributed by atoms with Crippen LogP contribution in [0, 0.1) is 5.41 Å². The lowest BCUT2D eigenvalue weighted by atomic mass is 10.1. The number of carbonyl (C=O) groups excluding carboxylic acids is 2. The molecule has 0 bridgehead atoms. The van der Waals surface area contributed by atoms with Gasteiger partial charge in [0.15, 0.2) is 0 Å². The van der Waals surface area contributed by atoms with Crippen LogP contribution in [0.1, 0.15) is 23.2 Å². The Morgan fingerprint density at radius 2 is 2.05 bits per heavy atom. The number of nitrogens with two attached hydrogens (primary N) is 1. The number of nitrogens with one attached hydrogen (secondary N) is 1. The summed E-state index contributed by atoms with van der Waals surface area (Å²) in [7, 11) is 1.30. The first-order valence-corrected chi connectivity index (χ1v) is 7.61. The van der Waals surface area contributed by atoms with E-state index in [0.29, 0.717) is 21.2 Å². The van der Waals surface area contributed by atoms with E-state index in [1.54, 1.807) is 12.1 Å². The summed E-state index contributed by atoms with van der Waals surface area (Å²) >= 11 is 6.66. The molecule has 1 saturated carbocycles. The fraction of sp³-hybridized carbons (Fsp3) is 0.385. The third-order valence-corrected chi connectivity index (χ3v) is 4.51. The third kappa shape index (κ3) is 2.89. The highest BCUT2D eigenvalue weighted by Gasteiger charge is 2.48. The summed E-state index contributed by atoms with van der Waals surface area (Å²) in [6.07, 6.45) is 1.55. The van der Waals surface area contributed by atoms with Gasteiger partial charge in [-0.1, -0.05) is 15.9 Å². The van der Waals surface area contributed by atoms with Gasteiger partial charge < -0.3 is 15.8 Å². The van der Waals surface area contributed by atoms with Gasteiger partial charge in [0.05, 0.1) is 23.8 Å². The molecule has 0 aromatic heterocycles. The fourth-order valence-corrected chi connectivity index (χ4v) is 3.22. The van der Waals surface area contributed by atoms with Gasteiger partial charge in [0.25, 0.3) is 0 Å². The summed E-state index contributed by atoms with van der Waals surface area (Å²) in [5.41, 5.74) is 5.85. The zero-order chi connectivity index (χ0) is 14.9. The largest absolute Gasteiger partial charge is 0.465 e. The van der Waals surface area contributed by atoms with Crippen molar-refractivity contribution in [3.05, 3.63) is 26.6 Å². The van der Waals surface area contributed by atoms with Crippen LogP contribution in [0.25, 0.3) is 0 Å². The number of hydrogen-bond acceptors (Lipinski definition) is 4. The van der Waals surface area contributed by atoms with Crippen LogP contribution in [0.3, 0.4) is 0 Å². The minimum Gasteiger partial charge on any atom is -0.465 e. The molecule has 1 aromatic carbocycles. The number of carbonyl (C=O) groups is 2. The second kappa shape index (κ2) is 5.83. The number of anilines is 1. The molecule has 0 unspecified atom stereocenters. The molecule has 0 spiro atoms. The number of halogens is 2. The number of methoxy groups -OCH3 is 1. The van der Waals surface area contributed by atoms with E-state index in [2.05, 4.69) is 37.2 Å². The van der Waals surface area contributed by atoms with Gasteiger partial charge in [0.1, 0.15) is 0 Å². The second-order valence-corrected chi connectivity index (χ2v) is 6.51. The molecule has 20 heavy (non-hydrogen) atoms. The van der Waals surface area contributed by atoms with E-state index >= 15 is 0 Å². The zero-order valence-corrected chi connectivity index (χ0v) is 14.0. The van der Waals surface area contributed by atoms with Crippen LogP contribution >= 0.6 is 31.9 Å². The Hall–Kier alpha value is -0.920. The molecule has 1 aliphatic carbocycles. The maximum absolute atomic E-state index is 12.3. The highest BCUT2D eigenvalue weighted by Crippen LogP contribution is 2.46. The molecule has 1 aromatic rings. The first-order valence-electron chi connectivity index (χ1n) is 6.02. The molecule has 1 amide bonds. The molecule has 3 N–H and O–H groups in total. The predicted octanol–water partition coefficient (Wildman–Crippen LogP) is 2.68. The summed E-state index contributed by atoms with van der Waals surface area (Å²) in [5.74, 6) is -0.673. The molecule has 7 heteroatoms. The molecule has 0 heterocycles. The summed E-state index contributed by atoms with van der Waals surface area (Å²) < 4.78 is 6.06. The van der Waals surface area contributed by atoms with Crippen LogP contribution in [0.4, 0.5) is 5.69 Å². The molecular weight excluding hydrogens is 392 g/mol. The van der Waals surface area contributed by atoms with Crippen molar-refractivity contribution in [2.45, 2.75) is 12.8 Å².